The third-order valence-corrected chi connectivity index (χ3v) is 3.76. The van der Waals surface area contributed by atoms with Gasteiger partial charge in [0.1, 0.15) is 6.61 Å². The van der Waals surface area contributed by atoms with E-state index in [0.29, 0.717) is 0 Å². The molecule has 1 aliphatic heterocycles. The van der Waals surface area contributed by atoms with Gasteiger partial charge in [0.2, 0.25) is 5.78 Å². The van der Waals surface area contributed by atoms with E-state index in [0.717, 1.165) is 32.9 Å². The van der Waals surface area contributed by atoms with Gasteiger partial charge in [-0.25, -0.2) is 4.79 Å². The number of rotatable bonds is 6. The smallest absolute Gasteiger partial charge is 0.441 e. The van der Waals surface area contributed by atoms with Gasteiger partial charge in [-0.05, 0) is 24.9 Å². The van der Waals surface area contributed by atoms with Crippen molar-refractivity contribution in [1.29, 1.82) is 0 Å². The van der Waals surface area contributed by atoms with Gasteiger partial charge in [0, 0.05) is 19.5 Å². The molecule has 22 heavy (non-hydrogen) atoms. The molecule has 0 saturated carbocycles. The minimum absolute atomic E-state index is 0.121. The predicted octanol–water partition coefficient (Wildman–Crippen LogP) is 1.45. The molecule has 116 valence electrons. The molecule has 1 atom stereocenters. The normalized spacial score (nSPS) is 17.8. The van der Waals surface area contributed by atoms with E-state index < -0.39 is 17.5 Å². The average molecular weight is 301 g/mol. The third-order valence-electron chi connectivity index (χ3n) is 3.76. The number of hydrogen-bond donors (Lipinski definition) is 0. The van der Waals surface area contributed by atoms with Crippen LogP contribution in [0.1, 0.15) is 25.3 Å². The summed E-state index contributed by atoms with van der Waals surface area (Å²) >= 11 is 0. The monoisotopic (exact) mass is 301 g/mol. The molecule has 1 aliphatic rings. The van der Waals surface area contributed by atoms with Crippen LogP contribution < -0.4 is 0 Å². The Kier molecular flexibility index (Phi) is 5.58. The summed E-state index contributed by atoms with van der Waals surface area (Å²) in [6.45, 7) is 3.10. The largest absolute Gasteiger partial charge is 0.455 e. The topological polar surface area (TPSA) is 83.0 Å². The molecule has 0 radical (unpaired) electrons. The number of esters is 1. The maximum atomic E-state index is 11.7. The van der Waals surface area contributed by atoms with Crippen molar-refractivity contribution >= 4 is 17.5 Å². The number of carbonyl (C=O) groups is 2. The van der Waals surface area contributed by atoms with Crippen molar-refractivity contribution in [2.24, 2.45) is 0 Å². The van der Waals surface area contributed by atoms with Gasteiger partial charge in [-0.2, -0.15) is 4.79 Å². The van der Waals surface area contributed by atoms with E-state index in [-0.39, 0.29) is 12.6 Å². The van der Waals surface area contributed by atoms with Crippen LogP contribution >= 0.6 is 0 Å². The van der Waals surface area contributed by atoms with Crippen molar-refractivity contribution < 1.29 is 19.1 Å². The van der Waals surface area contributed by atoms with Crippen LogP contribution in [0.4, 0.5) is 0 Å². The zero-order valence-electron chi connectivity index (χ0n) is 12.6. The van der Waals surface area contributed by atoms with Crippen molar-refractivity contribution in [1.82, 2.24) is 4.90 Å². The molecule has 0 bridgehead atoms. The van der Waals surface area contributed by atoms with Crippen LogP contribution in [0.3, 0.4) is 0 Å². The number of nitrogens with zero attached hydrogens (tertiary/aromatic N) is 3. The number of Topliss-reactive ketones (excluding diaryl/α,β-unsaturated/α-hetero) is 1. The first-order valence-corrected chi connectivity index (χ1v) is 7.30. The molecule has 2 rings (SSSR count). The standard InChI is InChI=1S/C16H19N3O3/c1-12(20)15(18-17)16(21)22-11-14-8-5-9-19(14)10-13-6-3-2-4-7-13/h2-4,6-7,14H,5,8-11H2,1H3/t14-/m0/s1. The molecular formula is C16H19N3O3. The highest BCUT2D eigenvalue weighted by Crippen LogP contribution is 2.20. The van der Waals surface area contributed by atoms with Crippen LogP contribution in [0.25, 0.3) is 5.53 Å². The molecule has 0 aliphatic carbocycles. The summed E-state index contributed by atoms with van der Waals surface area (Å²) in [5, 5.41) is 0. The van der Waals surface area contributed by atoms with Crippen molar-refractivity contribution in [3.8, 4) is 0 Å². The molecule has 0 spiro atoms. The molecule has 1 fully saturated rings. The van der Waals surface area contributed by atoms with Crippen molar-refractivity contribution in [2.45, 2.75) is 32.4 Å². The molecule has 1 saturated heterocycles. The van der Waals surface area contributed by atoms with E-state index in [2.05, 4.69) is 21.8 Å². The predicted molar refractivity (Wildman–Crippen MR) is 80.1 cm³/mol. The van der Waals surface area contributed by atoms with Gasteiger partial charge in [-0.1, -0.05) is 30.3 Å². The Morgan fingerprint density at radius 2 is 2.09 bits per heavy atom. The maximum Gasteiger partial charge on any atom is 0.441 e. The summed E-state index contributed by atoms with van der Waals surface area (Å²) in [5.74, 6) is -1.48. The molecule has 1 heterocycles. The Hall–Kier alpha value is -2.30. The number of likely N-dealkylation sites (tertiary alicyclic amines) is 1. The fourth-order valence-corrected chi connectivity index (χ4v) is 2.61. The fraction of sp³-hybridized carbons (Fsp3) is 0.438. The summed E-state index contributed by atoms with van der Waals surface area (Å²) in [7, 11) is 0. The Morgan fingerprint density at radius 3 is 2.73 bits per heavy atom. The van der Waals surface area contributed by atoms with Crippen LogP contribution in [0, 0.1) is 0 Å². The zero-order valence-corrected chi connectivity index (χ0v) is 12.6. The molecule has 1 aromatic rings. The van der Waals surface area contributed by atoms with E-state index in [9.17, 15) is 9.59 Å². The quantitative estimate of drug-likeness (QED) is 0.262. The lowest BCUT2D eigenvalue weighted by Gasteiger charge is -2.23. The van der Waals surface area contributed by atoms with Gasteiger partial charge >= 0.3 is 11.7 Å². The number of ketones is 1. The highest BCUT2D eigenvalue weighted by molar-refractivity contribution is 6.61. The third kappa shape index (κ3) is 4.10. The van der Waals surface area contributed by atoms with Gasteiger partial charge in [-0.15, -0.1) is 0 Å². The lowest BCUT2D eigenvalue weighted by molar-refractivity contribution is -0.143. The van der Waals surface area contributed by atoms with Crippen LogP contribution in [-0.4, -0.2) is 46.3 Å². The number of ether oxygens (including phenoxy) is 1. The second-order valence-corrected chi connectivity index (χ2v) is 5.36. The van der Waals surface area contributed by atoms with Gasteiger partial charge < -0.3 is 10.3 Å². The summed E-state index contributed by atoms with van der Waals surface area (Å²) in [5.41, 5.74) is 9.31. The Morgan fingerprint density at radius 1 is 1.36 bits per heavy atom. The van der Waals surface area contributed by atoms with E-state index in [1.165, 1.54) is 5.56 Å². The van der Waals surface area contributed by atoms with Crippen LogP contribution in [-0.2, 0) is 20.9 Å². The number of carbonyl (C=O) groups excluding carboxylic acids is 2. The lowest BCUT2D eigenvalue weighted by atomic mass is 10.2. The number of hydrogen-bond acceptors (Lipinski definition) is 4. The van der Waals surface area contributed by atoms with Gasteiger partial charge in [-0.3, -0.25) is 9.69 Å². The Bertz CT molecular complexity index is 594. The van der Waals surface area contributed by atoms with Gasteiger partial charge in [0.05, 0.1) is 0 Å². The molecule has 0 unspecified atom stereocenters. The van der Waals surface area contributed by atoms with Crippen molar-refractivity contribution in [3.05, 3.63) is 41.4 Å². The van der Waals surface area contributed by atoms with Crippen molar-refractivity contribution in [3.63, 3.8) is 0 Å². The lowest BCUT2D eigenvalue weighted by Crippen LogP contribution is -2.35. The highest BCUT2D eigenvalue weighted by atomic mass is 16.5. The summed E-state index contributed by atoms with van der Waals surface area (Å²) < 4.78 is 5.12. The molecule has 0 N–H and O–H groups in total. The minimum Gasteiger partial charge on any atom is -0.455 e. The average Bonchev–Trinajstić information content (AvgIpc) is 2.93. The fourth-order valence-electron chi connectivity index (χ4n) is 2.61. The van der Waals surface area contributed by atoms with E-state index in [1.807, 2.05) is 18.2 Å². The Balaban J connectivity index is 1.90. The van der Waals surface area contributed by atoms with E-state index >= 15 is 0 Å². The first kappa shape index (κ1) is 16.1. The molecular weight excluding hydrogens is 282 g/mol. The van der Waals surface area contributed by atoms with Crippen molar-refractivity contribution in [2.75, 3.05) is 13.2 Å². The summed E-state index contributed by atoms with van der Waals surface area (Å²) in [6, 6.07) is 10.2. The van der Waals surface area contributed by atoms with E-state index in [4.69, 9.17) is 10.3 Å². The zero-order chi connectivity index (χ0) is 15.9. The first-order chi connectivity index (χ1) is 10.6. The molecule has 0 aromatic heterocycles. The van der Waals surface area contributed by atoms with Crippen LogP contribution in [0.2, 0.25) is 0 Å². The SMILES string of the molecule is CC(=O)C(=[N+]=[N-])C(=O)OC[C@@H]1CCCN1Cc1ccccc1. The summed E-state index contributed by atoms with van der Waals surface area (Å²) in [4.78, 5) is 27.8. The van der Waals surface area contributed by atoms with E-state index in [1.54, 1.807) is 0 Å². The van der Waals surface area contributed by atoms with Crippen LogP contribution in [0.15, 0.2) is 30.3 Å². The highest BCUT2D eigenvalue weighted by Gasteiger charge is 2.31. The Labute approximate surface area is 129 Å². The van der Waals surface area contributed by atoms with Gasteiger partial charge in [0.15, 0.2) is 0 Å². The second-order valence-electron chi connectivity index (χ2n) is 5.36. The summed E-state index contributed by atoms with van der Waals surface area (Å²) in [6.07, 6.45) is 1.98. The molecule has 6 heteroatoms. The molecule has 6 nitrogen and oxygen atoms in total. The van der Waals surface area contributed by atoms with Crippen LogP contribution in [0.5, 0.6) is 0 Å². The molecule has 0 amide bonds. The number of benzene rings is 1. The maximum absolute atomic E-state index is 11.7. The minimum atomic E-state index is -0.874. The first-order valence-electron chi connectivity index (χ1n) is 7.30. The van der Waals surface area contributed by atoms with Gasteiger partial charge in [0.25, 0.3) is 0 Å². The second kappa shape index (κ2) is 7.64. The molecule has 1 aromatic carbocycles.